The lowest BCUT2D eigenvalue weighted by atomic mass is 10.1. The van der Waals surface area contributed by atoms with Crippen LogP contribution in [0, 0.1) is 0 Å². The average Bonchev–Trinajstić information content (AvgIpc) is 2.64. The molecule has 8 heteroatoms. The number of para-hydroxylation sites is 1. The molecule has 2 aromatic rings. The largest absolute Gasteiger partial charge is 0.478 e. The molecule has 0 bridgehead atoms. The van der Waals surface area contributed by atoms with Crippen LogP contribution in [0.5, 0.6) is 11.5 Å². The zero-order valence-electron chi connectivity index (χ0n) is 16.6. The third-order valence-corrected chi connectivity index (χ3v) is 3.58. The fourth-order valence-corrected chi connectivity index (χ4v) is 2.16. The lowest BCUT2D eigenvalue weighted by Crippen LogP contribution is -2.39. The Morgan fingerprint density at radius 1 is 1.03 bits per heavy atom. The Morgan fingerprint density at radius 3 is 2.14 bits per heavy atom. The van der Waals surface area contributed by atoms with E-state index in [0.29, 0.717) is 17.4 Å². The van der Waals surface area contributed by atoms with Crippen LogP contribution >= 0.6 is 11.6 Å². The molecule has 0 aliphatic rings. The van der Waals surface area contributed by atoms with Gasteiger partial charge in [-0.05, 0) is 57.2 Å². The van der Waals surface area contributed by atoms with Crippen LogP contribution in [-0.2, 0) is 14.3 Å². The Labute approximate surface area is 174 Å². The van der Waals surface area contributed by atoms with Crippen LogP contribution in [0.1, 0.15) is 38.1 Å². The van der Waals surface area contributed by atoms with E-state index in [1.807, 2.05) is 0 Å². The molecule has 0 saturated heterocycles. The molecule has 156 valence electrons. The van der Waals surface area contributed by atoms with E-state index in [4.69, 9.17) is 26.2 Å². The number of esters is 2. The molecule has 0 unspecified atom stereocenters. The summed E-state index contributed by atoms with van der Waals surface area (Å²) in [6, 6.07) is 12.8. The molecule has 0 fully saturated rings. The van der Waals surface area contributed by atoms with E-state index in [0.717, 1.165) is 0 Å². The summed E-state index contributed by atoms with van der Waals surface area (Å²) < 4.78 is 15.1. The van der Waals surface area contributed by atoms with Gasteiger partial charge in [-0.2, -0.15) is 0 Å². The Kier molecular flexibility index (Phi) is 9.15. The predicted molar refractivity (Wildman–Crippen MR) is 108 cm³/mol. The zero-order chi connectivity index (χ0) is 22.0. The molecule has 0 aliphatic carbocycles. The summed E-state index contributed by atoms with van der Waals surface area (Å²) in [6.45, 7) is 6.65. The summed E-state index contributed by atoms with van der Waals surface area (Å²) in [5.41, 5.74) is -1.01. The summed E-state index contributed by atoms with van der Waals surface area (Å²) in [4.78, 5) is 32.7. The monoisotopic (exact) mass is 422 g/mol. The van der Waals surface area contributed by atoms with Crippen molar-refractivity contribution >= 4 is 29.5 Å². The molecule has 0 amide bonds. The Bertz CT molecular complexity index is 844. The second-order valence-corrected chi connectivity index (χ2v) is 6.62. The van der Waals surface area contributed by atoms with Crippen LogP contribution in [0.4, 0.5) is 0 Å². The van der Waals surface area contributed by atoms with Gasteiger partial charge >= 0.3 is 17.9 Å². The van der Waals surface area contributed by atoms with Gasteiger partial charge in [-0.1, -0.05) is 23.7 Å². The van der Waals surface area contributed by atoms with Gasteiger partial charge in [0, 0.05) is 11.9 Å². The number of aromatic carboxylic acids is 1. The molecule has 2 rings (SSSR count). The average molecular weight is 423 g/mol. The van der Waals surface area contributed by atoms with Crippen molar-refractivity contribution in [2.45, 2.75) is 33.3 Å². The highest BCUT2D eigenvalue weighted by Gasteiger charge is 2.31. The number of ether oxygens (including phenoxy) is 3. The minimum Gasteiger partial charge on any atom is -0.478 e. The van der Waals surface area contributed by atoms with Gasteiger partial charge < -0.3 is 19.3 Å². The number of benzene rings is 2. The number of halogens is 1. The van der Waals surface area contributed by atoms with Gasteiger partial charge in [-0.25, -0.2) is 9.59 Å². The van der Waals surface area contributed by atoms with Crippen molar-refractivity contribution in [1.82, 2.24) is 0 Å². The maximum Gasteiger partial charge on any atom is 0.349 e. The van der Waals surface area contributed by atoms with E-state index in [9.17, 15) is 14.4 Å². The van der Waals surface area contributed by atoms with E-state index >= 15 is 0 Å². The summed E-state index contributed by atoms with van der Waals surface area (Å²) in [5.74, 6) is -1.37. The van der Waals surface area contributed by atoms with Gasteiger partial charge in [0.25, 0.3) is 0 Å². The Morgan fingerprint density at radius 2 is 1.62 bits per heavy atom. The maximum atomic E-state index is 11.6. The van der Waals surface area contributed by atoms with Crippen LogP contribution in [0.15, 0.2) is 48.5 Å². The van der Waals surface area contributed by atoms with Crippen molar-refractivity contribution in [3.05, 3.63) is 59.1 Å². The first-order chi connectivity index (χ1) is 13.6. The van der Waals surface area contributed by atoms with Gasteiger partial charge in [0.2, 0.25) is 0 Å². The highest BCUT2D eigenvalue weighted by Crippen LogP contribution is 2.21. The smallest absolute Gasteiger partial charge is 0.349 e. The normalized spacial score (nSPS) is 10.2. The standard InChI is InChI=1S/C12H15ClO3.C9H8O4/c1-4-15-11(14)12(2,3)16-10-7-5-9(13)6-8-10;1-6(10)13-8-5-3-2-4-7(8)9(11)12/h5-8H,4H2,1-3H3;2-5H,1H3,(H,11,12). The number of hydrogen-bond donors (Lipinski definition) is 1. The lowest BCUT2D eigenvalue weighted by molar-refractivity contribution is -0.158. The lowest BCUT2D eigenvalue weighted by Gasteiger charge is -2.23. The summed E-state index contributed by atoms with van der Waals surface area (Å²) >= 11 is 5.75. The predicted octanol–water partition coefficient (Wildman–Crippen LogP) is 4.37. The summed E-state index contributed by atoms with van der Waals surface area (Å²) in [6.07, 6.45) is 0. The molecule has 0 aromatic heterocycles. The molecule has 1 N–H and O–H groups in total. The summed E-state index contributed by atoms with van der Waals surface area (Å²) in [7, 11) is 0. The fraction of sp³-hybridized carbons (Fsp3) is 0.286. The van der Waals surface area contributed by atoms with Crippen LogP contribution in [0.25, 0.3) is 0 Å². The topological polar surface area (TPSA) is 99.1 Å². The first kappa shape index (κ1) is 24.0. The molecule has 0 heterocycles. The van der Waals surface area contributed by atoms with E-state index in [-0.39, 0.29) is 17.3 Å². The highest BCUT2D eigenvalue weighted by molar-refractivity contribution is 6.30. The number of hydrogen-bond acceptors (Lipinski definition) is 6. The quantitative estimate of drug-likeness (QED) is 0.545. The Balaban J connectivity index is 0.000000296. The van der Waals surface area contributed by atoms with Crippen LogP contribution in [-0.4, -0.2) is 35.2 Å². The van der Waals surface area contributed by atoms with Gasteiger partial charge in [0.05, 0.1) is 6.61 Å². The number of carboxylic acid groups (broad SMARTS) is 1. The highest BCUT2D eigenvalue weighted by atomic mass is 35.5. The van der Waals surface area contributed by atoms with Crippen molar-refractivity contribution in [3.8, 4) is 11.5 Å². The molecule has 29 heavy (non-hydrogen) atoms. The zero-order valence-corrected chi connectivity index (χ0v) is 17.4. The molecule has 0 radical (unpaired) electrons. The fourth-order valence-electron chi connectivity index (χ4n) is 2.03. The molecule has 7 nitrogen and oxygen atoms in total. The number of rotatable bonds is 6. The molecule has 0 saturated carbocycles. The van der Waals surface area contributed by atoms with Crippen molar-refractivity contribution in [1.29, 1.82) is 0 Å². The first-order valence-electron chi connectivity index (χ1n) is 8.69. The van der Waals surface area contributed by atoms with Gasteiger partial charge in [-0.15, -0.1) is 0 Å². The maximum absolute atomic E-state index is 11.6. The van der Waals surface area contributed by atoms with E-state index in [2.05, 4.69) is 4.74 Å². The minimum absolute atomic E-state index is 0.0160. The molecule has 0 spiro atoms. The van der Waals surface area contributed by atoms with E-state index in [1.54, 1.807) is 57.2 Å². The molecular formula is C21H23ClO7. The molecule has 0 atom stereocenters. The molecule has 2 aromatic carbocycles. The minimum atomic E-state index is -1.11. The number of carbonyl (C=O) groups is 3. The SMILES string of the molecule is CC(=O)Oc1ccccc1C(=O)O.CCOC(=O)C(C)(C)Oc1ccc(Cl)cc1. The Hall–Kier alpha value is -3.06. The van der Waals surface area contributed by atoms with E-state index in [1.165, 1.54) is 19.1 Å². The van der Waals surface area contributed by atoms with Crippen molar-refractivity contribution < 1.29 is 33.7 Å². The van der Waals surface area contributed by atoms with Crippen LogP contribution in [0.2, 0.25) is 5.02 Å². The van der Waals surface area contributed by atoms with Crippen molar-refractivity contribution in [2.75, 3.05) is 6.61 Å². The van der Waals surface area contributed by atoms with Crippen LogP contribution < -0.4 is 9.47 Å². The second kappa shape index (κ2) is 11.1. The van der Waals surface area contributed by atoms with Gasteiger partial charge in [0.15, 0.2) is 5.60 Å². The van der Waals surface area contributed by atoms with E-state index < -0.39 is 17.5 Å². The number of carboxylic acids is 1. The molecule has 0 aliphatic heterocycles. The van der Waals surface area contributed by atoms with Crippen molar-refractivity contribution in [2.24, 2.45) is 0 Å². The first-order valence-corrected chi connectivity index (χ1v) is 9.07. The molecular weight excluding hydrogens is 400 g/mol. The summed E-state index contributed by atoms with van der Waals surface area (Å²) in [5, 5.41) is 9.31. The van der Waals surface area contributed by atoms with Crippen molar-refractivity contribution in [3.63, 3.8) is 0 Å². The van der Waals surface area contributed by atoms with Crippen LogP contribution in [0.3, 0.4) is 0 Å². The number of carbonyl (C=O) groups excluding carboxylic acids is 2. The van der Waals surface area contributed by atoms with Gasteiger partial charge in [0.1, 0.15) is 17.1 Å². The second-order valence-electron chi connectivity index (χ2n) is 6.18. The third-order valence-electron chi connectivity index (χ3n) is 3.32. The third kappa shape index (κ3) is 8.23. The van der Waals surface area contributed by atoms with Gasteiger partial charge in [-0.3, -0.25) is 4.79 Å².